The number of aryl methyl sites for hydroxylation is 1. The Labute approximate surface area is 257 Å². The highest BCUT2D eigenvalue weighted by atomic mass is 35.5. The van der Waals surface area contributed by atoms with Gasteiger partial charge in [-0.15, -0.1) is 0 Å². The predicted molar refractivity (Wildman–Crippen MR) is 167 cm³/mol. The molecule has 11 heteroatoms. The SMILES string of the molecule is Cc1cc(Cl)ccc1N(CC(=O)N(Cc1ccc(Cl)c(Cl)c1)C(Cc1ccccc1)C(=O)NC(C)(C)C)S(C)(=O)=O. The van der Waals surface area contributed by atoms with Gasteiger partial charge in [0, 0.05) is 23.5 Å². The van der Waals surface area contributed by atoms with E-state index in [9.17, 15) is 18.0 Å². The van der Waals surface area contributed by atoms with Crippen molar-refractivity contribution in [1.82, 2.24) is 10.2 Å². The third kappa shape index (κ3) is 9.36. The van der Waals surface area contributed by atoms with Crippen molar-refractivity contribution in [2.45, 2.75) is 52.2 Å². The molecular formula is C30H34Cl3N3O4S. The molecule has 0 aromatic heterocycles. The van der Waals surface area contributed by atoms with E-state index in [1.165, 1.54) is 4.90 Å². The van der Waals surface area contributed by atoms with E-state index in [1.807, 2.05) is 51.1 Å². The molecule has 2 amide bonds. The Morgan fingerprint density at radius 2 is 1.56 bits per heavy atom. The highest BCUT2D eigenvalue weighted by Crippen LogP contribution is 2.27. The van der Waals surface area contributed by atoms with Crippen molar-refractivity contribution in [3.05, 3.63) is 98.5 Å². The number of nitrogens with zero attached hydrogens (tertiary/aromatic N) is 2. The van der Waals surface area contributed by atoms with Crippen LogP contribution in [-0.2, 0) is 32.6 Å². The van der Waals surface area contributed by atoms with Gasteiger partial charge in [-0.3, -0.25) is 13.9 Å². The van der Waals surface area contributed by atoms with Crippen LogP contribution in [0.4, 0.5) is 5.69 Å². The van der Waals surface area contributed by atoms with Crippen LogP contribution in [0, 0.1) is 6.92 Å². The molecule has 3 aromatic carbocycles. The summed E-state index contributed by atoms with van der Waals surface area (Å²) in [5.74, 6) is -0.941. The fraction of sp³-hybridized carbons (Fsp3) is 0.333. The minimum atomic E-state index is -3.90. The van der Waals surface area contributed by atoms with E-state index in [-0.39, 0.29) is 18.9 Å². The number of hydrogen-bond donors (Lipinski definition) is 1. The average molecular weight is 639 g/mol. The largest absolute Gasteiger partial charge is 0.350 e. The van der Waals surface area contributed by atoms with E-state index >= 15 is 0 Å². The lowest BCUT2D eigenvalue weighted by Gasteiger charge is -2.35. The highest BCUT2D eigenvalue weighted by molar-refractivity contribution is 7.92. The molecule has 41 heavy (non-hydrogen) atoms. The molecule has 0 aliphatic heterocycles. The van der Waals surface area contributed by atoms with Crippen molar-refractivity contribution in [2.75, 3.05) is 17.1 Å². The van der Waals surface area contributed by atoms with Crippen LogP contribution in [0.15, 0.2) is 66.7 Å². The lowest BCUT2D eigenvalue weighted by Crippen LogP contribution is -2.56. The summed E-state index contributed by atoms with van der Waals surface area (Å²) >= 11 is 18.5. The van der Waals surface area contributed by atoms with Crippen LogP contribution < -0.4 is 9.62 Å². The fourth-order valence-corrected chi connectivity index (χ4v) is 5.79. The third-order valence-corrected chi connectivity index (χ3v) is 8.31. The second kappa shape index (κ2) is 13.5. The van der Waals surface area contributed by atoms with Gasteiger partial charge in [0.2, 0.25) is 21.8 Å². The molecule has 0 fully saturated rings. The molecule has 3 aromatic rings. The molecule has 7 nitrogen and oxygen atoms in total. The zero-order valence-electron chi connectivity index (χ0n) is 23.6. The lowest BCUT2D eigenvalue weighted by atomic mass is 10.0. The summed E-state index contributed by atoms with van der Waals surface area (Å²) in [4.78, 5) is 29.3. The summed E-state index contributed by atoms with van der Waals surface area (Å²) in [6.07, 6.45) is 1.24. The summed E-state index contributed by atoms with van der Waals surface area (Å²) in [5, 5.41) is 4.07. The maximum absolute atomic E-state index is 14.2. The minimum absolute atomic E-state index is 0.0119. The summed E-state index contributed by atoms with van der Waals surface area (Å²) < 4.78 is 27.0. The Bertz CT molecular complexity index is 1510. The van der Waals surface area contributed by atoms with Gasteiger partial charge in [0.15, 0.2) is 0 Å². The van der Waals surface area contributed by atoms with Gasteiger partial charge in [-0.1, -0.05) is 71.2 Å². The zero-order valence-corrected chi connectivity index (χ0v) is 26.7. The van der Waals surface area contributed by atoms with Crippen LogP contribution >= 0.6 is 34.8 Å². The molecule has 0 aliphatic carbocycles. The van der Waals surface area contributed by atoms with E-state index in [0.717, 1.165) is 16.1 Å². The van der Waals surface area contributed by atoms with Crippen LogP contribution in [-0.4, -0.2) is 49.5 Å². The van der Waals surface area contributed by atoms with Crippen LogP contribution in [0.25, 0.3) is 0 Å². The van der Waals surface area contributed by atoms with E-state index < -0.39 is 34.1 Å². The second-order valence-electron chi connectivity index (χ2n) is 10.9. The fourth-order valence-electron chi connectivity index (χ4n) is 4.34. The van der Waals surface area contributed by atoms with E-state index in [0.29, 0.717) is 31.9 Å². The average Bonchev–Trinajstić information content (AvgIpc) is 2.86. The lowest BCUT2D eigenvalue weighted by molar-refractivity contribution is -0.140. The van der Waals surface area contributed by atoms with Gasteiger partial charge in [-0.25, -0.2) is 8.42 Å². The zero-order chi connectivity index (χ0) is 30.5. The molecule has 0 heterocycles. The Kier molecular flexibility index (Phi) is 10.7. The van der Waals surface area contributed by atoms with Crippen molar-refractivity contribution >= 4 is 62.3 Å². The molecule has 0 saturated carbocycles. The number of sulfonamides is 1. The van der Waals surface area contributed by atoms with Crippen molar-refractivity contribution in [2.24, 2.45) is 0 Å². The Balaban J connectivity index is 2.11. The van der Waals surface area contributed by atoms with Gasteiger partial charge in [-0.2, -0.15) is 0 Å². The molecule has 0 bridgehead atoms. The van der Waals surface area contributed by atoms with Gasteiger partial charge >= 0.3 is 0 Å². The minimum Gasteiger partial charge on any atom is -0.350 e. The first-order valence-corrected chi connectivity index (χ1v) is 15.9. The normalized spacial score (nSPS) is 12.5. The summed E-state index contributed by atoms with van der Waals surface area (Å²) in [6.45, 7) is 6.73. The van der Waals surface area contributed by atoms with Gasteiger partial charge in [-0.05, 0) is 74.7 Å². The van der Waals surface area contributed by atoms with E-state index in [2.05, 4.69) is 5.32 Å². The van der Waals surface area contributed by atoms with Crippen molar-refractivity contribution in [3.63, 3.8) is 0 Å². The molecule has 220 valence electrons. The second-order valence-corrected chi connectivity index (χ2v) is 14.1. The molecule has 1 unspecified atom stereocenters. The number of hydrogen-bond acceptors (Lipinski definition) is 4. The van der Waals surface area contributed by atoms with Crippen molar-refractivity contribution < 1.29 is 18.0 Å². The third-order valence-electron chi connectivity index (χ3n) is 6.21. The number of carbonyl (C=O) groups is 2. The van der Waals surface area contributed by atoms with Crippen LogP contribution in [0.5, 0.6) is 0 Å². The molecule has 0 spiro atoms. The number of nitrogens with one attached hydrogen (secondary N) is 1. The van der Waals surface area contributed by atoms with E-state index in [4.69, 9.17) is 34.8 Å². The van der Waals surface area contributed by atoms with E-state index in [1.54, 1.807) is 43.3 Å². The number of rotatable bonds is 10. The number of carbonyl (C=O) groups excluding carboxylic acids is 2. The van der Waals surface area contributed by atoms with Crippen LogP contribution in [0.1, 0.15) is 37.5 Å². The summed E-state index contributed by atoms with van der Waals surface area (Å²) in [7, 11) is -3.90. The molecular weight excluding hydrogens is 605 g/mol. The number of benzene rings is 3. The smallest absolute Gasteiger partial charge is 0.244 e. The molecule has 0 aliphatic rings. The van der Waals surface area contributed by atoms with Gasteiger partial charge in [0.1, 0.15) is 12.6 Å². The first-order chi connectivity index (χ1) is 19.0. The monoisotopic (exact) mass is 637 g/mol. The first kappa shape index (κ1) is 32.7. The highest BCUT2D eigenvalue weighted by Gasteiger charge is 2.34. The molecule has 3 rings (SSSR count). The quantitative estimate of drug-likeness (QED) is 0.283. The predicted octanol–water partition coefficient (Wildman–Crippen LogP) is 6.28. The first-order valence-electron chi connectivity index (χ1n) is 12.9. The maximum Gasteiger partial charge on any atom is 0.244 e. The van der Waals surface area contributed by atoms with Crippen molar-refractivity contribution in [1.29, 1.82) is 0 Å². The number of amides is 2. The molecule has 0 saturated heterocycles. The summed E-state index contributed by atoms with van der Waals surface area (Å²) in [5.41, 5.74) is 1.78. The molecule has 1 N–H and O–H groups in total. The van der Waals surface area contributed by atoms with Crippen molar-refractivity contribution in [3.8, 4) is 0 Å². The van der Waals surface area contributed by atoms with Crippen LogP contribution in [0.2, 0.25) is 15.1 Å². The van der Waals surface area contributed by atoms with Crippen LogP contribution in [0.3, 0.4) is 0 Å². The maximum atomic E-state index is 14.2. The molecule has 1 atom stereocenters. The van der Waals surface area contributed by atoms with Gasteiger partial charge in [0.25, 0.3) is 0 Å². The topological polar surface area (TPSA) is 86.8 Å². The summed E-state index contributed by atoms with van der Waals surface area (Å²) in [6, 6.07) is 18.1. The Morgan fingerprint density at radius 3 is 2.12 bits per heavy atom. The van der Waals surface area contributed by atoms with Gasteiger partial charge < -0.3 is 10.2 Å². The number of halogens is 3. The Morgan fingerprint density at radius 1 is 0.902 bits per heavy atom. The van der Waals surface area contributed by atoms with Gasteiger partial charge in [0.05, 0.1) is 22.0 Å². The standard InChI is InChI=1S/C30H34Cl3N3O4S/c1-20-15-23(31)12-14-26(20)36(41(5,39)40)19-28(37)35(18-22-11-13-24(32)25(33)16-22)27(29(38)34-30(2,3)4)17-21-9-7-6-8-10-21/h6-16,27H,17-19H2,1-5H3,(H,34,38). The Hall–Kier alpha value is -2.78. The number of anilines is 1. The molecule has 0 radical (unpaired) electrons.